The van der Waals surface area contributed by atoms with Gasteiger partial charge in [-0.15, -0.1) is 0 Å². The Kier molecular flexibility index (Phi) is 5.42. The highest BCUT2D eigenvalue weighted by atomic mass is 35.5. The van der Waals surface area contributed by atoms with Crippen LogP contribution < -0.4 is 5.32 Å². The molecule has 3 rings (SSSR count). The maximum absolute atomic E-state index is 11.7. The van der Waals surface area contributed by atoms with Crippen molar-refractivity contribution in [2.75, 3.05) is 5.32 Å². The minimum absolute atomic E-state index is 0.199. The molecule has 0 unspecified atom stereocenters. The van der Waals surface area contributed by atoms with Crippen molar-refractivity contribution >= 4 is 58.0 Å². The van der Waals surface area contributed by atoms with Crippen molar-refractivity contribution in [1.82, 2.24) is 9.97 Å². The Bertz CT molecular complexity index is 927. The molecule has 2 aromatic carbocycles. The van der Waals surface area contributed by atoms with Crippen LogP contribution in [0.4, 0.5) is 10.7 Å². The van der Waals surface area contributed by atoms with Crippen molar-refractivity contribution in [2.24, 2.45) is 0 Å². The van der Waals surface area contributed by atoms with Crippen molar-refractivity contribution in [2.45, 2.75) is 29.7 Å². The Hall–Kier alpha value is -1.89. The first kappa shape index (κ1) is 17.9. The third-order valence-corrected chi connectivity index (χ3v) is 4.86. The maximum Gasteiger partial charge on any atom is 0.414 e. The second kappa shape index (κ2) is 7.56. The number of nitrogens with one attached hydrogen (secondary N) is 2. The molecule has 0 bridgehead atoms. The Morgan fingerprint density at radius 2 is 2.04 bits per heavy atom. The number of carbonyl (C=O) groups is 1. The number of fused-ring (bicyclic) bond motifs is 1. The summed E-state index contributed by atoms with van der Waals surface area (Å²) < 4.78 is 5.04. The lowest BCUT2D eigenvalue weighted by atomic mass is 10.3. The highest BCUT2D eigenvalue weighted by Crippen LogP contribution is 2.36. The molecule has 1 heterocycles. The van der Waals surface area contributed by atoms with E-state index in [2.05, 4.69) is 15.3 Å². The molecular weight excluding hydrogens is 381 g/mol. The van der Waals surface area contributed by atoms with Crippen molar-refractivity contribution in [1.29, 1.82) is 0 Å². The molecule has 0 aliphatic heterocycles. The van der Waals surface area contributed by atoms with Crippen LogP contribution in [0, 0.1) is 0 Å². The van der Waals surface area contributed by atoms with Gasteiger partial charge < -0.3 is 9.72 Å². The molecule has 2 N–H and O–H groups in total. The summed E-state index contributed by atoms with van der Waals surface area (Å²) in [6.07, 6.45) is -0.746. The topological polar surface area (TPSA) is 67.0 Å². The van der Waals surface area contributed by atoms with Gasteiger partial charge in [0, 0.05) is 14.8 Å². The normalized spacial score (nSPS) is 11.1. The van der Waals surface area contributed by atoms with Gasteiger partial charge in [-0.05, 0) is 50.2 Å². The fraction of sp³-hybridized carbons (Fsp3) is 0.176. The van der Waals surface area contributed by atoms with Crippen LogP contribution in [0.15, 0.2) is 46.2 Å². The molecule has 0 spiro atoms. The van der Waals surface area contributed by atoms with Crippen LogP contribution in [-0.2, 0) is 4.74 Å². The van der Waals surface area contributed by atoms with Crippen molar-refractivity contribution in [3.8, 4) is 0 Å². The number of benzene rings is 2. The van der Waals surface area contributed by atoms with E-state index < -0.39 is 6.09 Å². The molecule has 0 saturated heterocycles. The van der Waals surface area contributed by atoms with E-state index in [1.165, 1.54) is 11.8 Å². The van der Waals surface area contributed by atoms with Crippen LogP contribution in [0.3, 0.4) is 0 Å². The number of nitrogens with zero attached hydrogens (tertiary/aromatic N) is 1. The Labute approximate surface area is 159 Å². The number of carbonyl (C=O) groups excluding carboxylic acids is 1. The number of aromatic nitrogens is 2. The minimum Gasteiger partial charge on any atom is -0.447 e. The van der Waals surface area contributed by atoms with Gasteiger partial charge in [-0.1, -0.05) is 35.0 Å². The number of anilines is 1. The van der Waals surface area contributed by atoms with E-state index in [1.54, 1.807) is 26.0 Å². The van der Waals surface area contributed by atoms with E-state index in [9.17, 15) is 4.79 Å². The maximum atomic E-state index is 11.7. The first-order valence-corrected chi connectivity index (χ1v) is 9.08. The molecule has 0 radical (unpaired) electrons. The highest BCUT2D eigenvalue weighted by molar-refractivity contribution is 7.99. The van der Waals surface area contributed by atoms with Gasteiger partial charge in [-0.2, -0.15) is 0 Å². The molecule has 0 saturated carbocycles. The smallest absolute Gasteiger partial charge is 0.414 e. The first-order chi connectivity index (χ1) is 11.9. The van der Waals surface area contributed by atoms with Gasteiger partial charge in [-0.3, -0.25) is 5.32 Å². The lowest BCUT2D eigenvalue weighted by molar-refractivity contribution is 0.130. The number of hydrogen-bond donors (Lipinski definition) is 2. The number of rotatable bonds is 4. The Morgan fingerprint density at radius 1 is 1.24 bits per heavy atom. The van der Waals surface area contributed by atoms with E-state index in [0.717, 1.165) is 20.8 Å². The summed E-state index contributed by atoms with van der Waals surface area (Å²) in [5.74, 6) is 0.337. The number of aromatic amines is 1. The van der Waals surface area contributed by atoms with Crippen LogP contribution in [0.5, 0.6) is 0 Å². The third kappa shape index (κ3) is 4.60. The van der Waals surface area contributed by atoms with Crippen molar-refractivity contribution < 1.29 is 9.53 Å². The number of hydrogen-bond acceptors (Lipinski definition) is 4. The monoisotopic (exact) mass is 395 g/mol. The van der Waals surface area contributed by atoms with Crippen LogP contribution in [0.25, 0.3) is 11.0 Å². The van der Waals surface area contributed by atoms with Gasteiger partial charge in [0.05, 0.1) is 22.2 Å². The van der Waals surface area contributed by atoms with Crippen LogP contribution >= 0.6 is 35.0 Å². The average molecular weight is 396 g/mol. The summed E-state index contributed by atoms with van der Waals surface area (Å²) in [4.78, 5) is 20.9. The van der Waals surface area contributed by atoms with Gasteiger partial charge in [0.15, 0.2) is 0 Å². The summed E-state index contributed by atoms with van der Waals surface area (Å²) >= 11 is 13.7. The zero-order chi connectivity index (χ0) is 18.0. The SMILES string of the molecule is CC(C)OC(=O)Nc1nc2ccc(Sc3cc(Cl)ccc3Cl)cc2[nH]1. The summed E-state index contributed by atoms with van der Waals surface area (Å²) in [5, 5.41) is 3.84. The second-order valence-electron chi connectivity index (χ2n) is 5.52. The molecule has 0 atom stereocenters. The van der Waals surface area contributed by atoms with E-state index in [1.807, 2.05) is 24.3 Å². The van der Waals surface area contributed by atoms with E-state index in [-0.39, 0.29) is 6.10 Å². The van der Waals surface area contributed by atoms with Gasteiger partial charge in [0.25, 0.3) is 0 Å². The van der Waals surface area contributed by atoms with Crippen LogP contribution in [-0.4, -0.2) is 22.2 Å². The molecule has 0 aliphatic carbocycles. The fourth-order valence-corrected chi connectivity index (χ4v) is 3.52. The van der Waals surface area contributed by atoms with Gasteiger partial charge >= 0.3 is 6.09 Å². The zero-order valence-corrected chi connectivity index (χ0v) is 15.8. The molecular formula is C17H15Cl2N3O2S. The molecule has 130 valence electrons. The predicted molar refractivity (Wildman–Crippen MR) is 102 cm³/mol. The zero-order valence-electron chi connectivity index (χ0n) is 13.5. The Balaban J connectivity index is 1.80. The quantitative estimate of drug-likeness (QED) is 0.570. The molecule has 8 heteroatoms. The summed E-state index contributed by atoms with van der Waals surface area (Å²) in [6.45, 7) is 3.56. The first-order valence-electron chi connectivity index (χ1n) is 7.51. The third-order valence-electron chi connectivity index (χ3n) is 3.14. The summed E-state index contributed by atoms with van der Waals surface area (Å²) in [7, 11) is 0. The van der Waals surface area contributed by atoms with Crippen LogP contribution in [0.1, 0.15) is 13.8 Å². The number of halogens is 2. The van der Waals surface area contributed by atoms with E-state index >= 15 is 0 Å². The fourth-order valence-electron chi connectivity index (χ4n) is 2.13. The average Bonchev–Trinajstić information content (AvgIpc) is 2.91. The standard InChI is InChI=1S/C17H15Cl2N3O2S/c1-9(2)24-17(23)22-16-20-13-6-4-11(8-14(13)21-16)25-15-7-10(18)3-5-12(15)19/h3-9H,1-2H3,(H2,20,21,22,23). The number of H-pyrrole nitrogens is 1. The largest absolute Gasteiger partial charge is 0.447 e. The van der Waals surface area contributed by atoms with E-state index in [4.69, 9.17) is 27.9 Å². The number of ether oxygens (including phenoxy) is 1. The number of amides is 1. The molecule has 0 fully saturated rings. The van der Waals surface area contributed by atoms with Crippen LogP contribution in [0.2, 0.25) is 10.0 Å². The molecule has 1 amide bonds. The molecule has 1 aromatic heterocycles. The van der Waals surface area contributed by atoms with Crippen molar-refractivity contribution in [3.05, 3.63) is 46.4 Å². The van der Waals surface area contributed by atoms with Gasteiger partial charge in [0.1, 0.15) is 0 Å². The lowest BCUT2D eigenvalue weighted by Gasteiger charge is -2.06. The lowest BCUT2D eigenvalue weighted by Crippen LogP contribution is -2.18. The highest BCUT2D eigenvalue weighted by Gasteiger charge is 2.11. The summed E-state index contributed by atoms with van der Waals surface area (Å²) in [6, 6.07) is 11.1. The van der Waals surface area contributed by atoms with E-state index in [0.29, 0.717) is 16.0 Å². The molecule has 25 heavy (non-hydrogen) atoms. The van der Waals surface area contributed by atoms with Gasteiger partial charge in [0.2, 0.25) is 5.95 Å². The predicted octanol–water partition coefficient (Wildman–Crippen LogP) is 5.98. The summed E-state index contributed by atoms with van der Waals surface area (Å²) in [5.41, 5.74) is 1.53. The second-order valence-corrected chi connectivity index (χ2v) is 7.48. The number of imidazole rings is 1. The minimum atomic E-state index is -0.547. The van der Waals surface area contributed by atoms with Crippen molar-refractivity contribution in [3.63, 3.8) is 0 Å². The molecule has 3 aromatic rings. The Morgan fingerprint density at radius 3 is 2.80 bits per heavy atom. The molecule has 5 nitrogen and oxygen atoms in total. The molecule has 0 aliphatic rings. The van der Waals surface area contributed by atoms with Gasteiger partial charge in [-0.25, -0.2) is 9.78 Å².